The number of carbonyl (C=O) groups is 1. The summed E-state index contributed by atoms with van der Waals surface area (Å²) < 4.78 is 6.58. The minimum Gasteiger partial charge on any atom is -0.493 e. The number of Topliss-reactive ketones (excluding diaryl/α,β-unsaturated/α-hetero) is 1. The molecule has 2 nitrogen and oxygen atoms in total. The second-order valence-corrected chi connectivity index (χ2v) is 5.93. The van der Waals surface area contributed by atoms with Crippen LogP contribution in [0.2, 0.25) is 0 Å². The van der Waals surface area contributed by atoms with Crippen molar-refractivity contribution in [1.29, 1.82) is 0 Å². The zero-order valence-corrected chi connectivity index (χ0v) is 12.6. The Morgan fingerprint density at radius 3 is 2.90 bits per heavy atom. The smallest absolute Gasteiger partial charge is 0.163 e. The van der Waals surface area contributed by atoms with E-state index in [9.17, 15) is 4.79 Å². The van der Waals surface area contributed by atoms with Gasteiger partial charge in [0, 0.05) is 16.5 Å². The summed E-state index contributed by atoms with van der Waals surface area (Å²) in [5, 5.41) is 0. The molecule has 2 aromatic rings. The lowest BCUT2D eigenvalue weighted by atomic mass is 9.87. The molecule has 1 heterocycles. The fraction of sp³-hybridized carbons (Fsp3) is 0.235. The minimum absolute atomic E-state index is 0.188. The van der Waals surface area contributed by atoms with Gasteiger partial charge in [-0.15, -0.1) is 0 Å². The van der Waals surface area contributed by atoms with Gasteiger partial charge >= 0.3 is 0 Å². The van der Waals surface area contributed by atoms with Crippen LogP contribution in [0.1, 0.15) is 34.7 Å². The number of hydrogen-bond acceptors (Lipinski definition) is 2. The Hall–Kier alpha value is -1.61. The van der Waals surface area contributed by atoms with E-state index in [-0.39, 0.29) is 11.7 Å². The summed E-state index contributed by atoms with van der Waals surface area (Å²) in [5.74, 6) is 1.37. The summed E-state index contributed by atoms with van der Waals surface area (Å²) in [6.45, 7) is 0.688. The van der Waals surface area contributed by atoms with Crippen LogP contribution in [-0.2, 0) is 0 Å². The molecule has 2 aromatic carbocycles. The molecule has 3 rings (SSSR count). The fourth-order valence-corrected chi connectivity index (χ4v) is 3.03. The van der Waals surface area contributed by atoms with Crippen molar-refractivity contribution in [2.75, 3.05) is 6.61 Å². The first kappa shape index (κ1) is 13.4. The van der Waals surface area contributed by atoms with E-state index in [4.69, 9.17) is 4.74 Å². The van der Waals surface area contributed by atoms with E-state index in [0.29, 0.717) is 13.0 Å². The van der Waals surface area contributed by atoms with Crippen LogP contribution >= 0.6 is 15.9 Å². The van der Waals surface area contributed by atoms with Crippen molar-refractivity contribution in [1.82, 2.24) is 0 Å². The first-order chi connectivity index (χ1) is 9.74. The number of halogens is 1. The summed E-state index contributed by atoms with van der Waals surface area (Å²) in [4.78, 5) is 12.4. The van der Waals surface area contributed by atoms with Gasteiger partial charge in [0.15, 0.2) is 5.78 Å². The Labute approximate surface area is 126 Å². The molecule has 0 radical (unpaired) electrons. The van der Waals surface area contributed by atoms with E-state index < -0.39 is 0 Å². The van der Waals surface area contributed by atoms with Gasteiger partial charge < -0.3 is 4.74 Å². The second-order valence-electron chi connectivity index (χ2n) is 5.01. The van der Waals surface area contributed by atoms with Crippen LogP contribution < -0.4 is 4.74 Å². The molecule has 1 aliphatic rings. The molecular weight excluding hydrogens is 316 g/mol. The summed E-state index contributed by atoms with van der Waals surface area (Å²) in [5.41, 5.74) is 1.92. The molecule has 102 valence electrons. The van der Waals surface area contributed by atoms with Gasteiger partial charge in [-0.3, -0.25) is 4.79 Å². The highest BCUT2D eigenvalue weighted by Gasteiger charge is 2.23. The maximum Gasteiger partial charge on any atom is 0.163 e. The lowest BCUT2D eigenvalue weighted by molar-refractivity contribution is 0.0966. The summed E-state index contributed by atoms with van der Waals surface area (Å²) >= 11 is 3.41. The molecule has 20 heavy (non-hydrogen) atoms. The van der Waals surface area contributed by atoms with Gasteiger partial charge in [0.25, 0.3) is 0 Å². The maximum absolute atomic E-state index is 12.4. The van der Waals surface area contributed by atoms with Crippen LogP contribution in [0.15, 0.2) is 53.0 Å². The Morgan fingerprint density at radius 2 is 2.05 bits per heavy atom. The molecule has 1 atom stereocenters. The molecule has 0 spiro atoms. The van der Waals surface area contributed by atoms with Gasteiger partial charge in [-0.2, -0.15) is 0 Å². The number of hydrogen-bond donors (Lipinski definition) is 0. The van der Waals surface area contributed by atoms with Gasteiger partial charge in [-0.05, 0) is 36.1 Å². The average molecular weight is 331 g/mol. The van der Waals surface area contributed by atoms with Gasteiger partial charge in [0.05, 0.1) is 6.61 Å². The van der Waals surface area contributed by atoms with E-state index >= 15 is 0 Å². The highest BCUT2D eigenvalue weighted by molar-refractivity contribution is 9.10. The van der Waals surface area contributed by atoms with Gasteiger partial charge in [-0.25, -0.2) is 0 Å². The molecule has 0 saturated carbocycles. The Balaban J connectivity index is 1.81. The van der Waals surface area contributed by atoms with E-state index in [0.717, 1.165) is 27.8 Å². The number of carbonyl (C=O) groups excluding carboxylic acids is 1. The number of ether oxygens (including phenoxy) is 1. The van der Waals surface area contributed by atoms with E-state index in [2.05, 4.69) is 22.0 Å². The topological polar surface area (TPSA) is 26.3 Å². The number of ketones is 1. The van der Waals surface area contributed by atoms with Gasteiger partial charge in [0.2, 0.25) is 0 Å². The van der Waals surface area contributed by atoms with Crippen molar-refractivity contribution >= 4 is 21.7 Å². The van der Waals surface area contributed by atoms with Crippen molar-refractivity contribution in [3.05, 3.63) is 64.1 Å². The molecule has 3 heteroatoms. The van der Waals surface area contributed by atoms with E-state index in [1.165, 1.54) is 0 Å². The standard InChI is InChI=1S/C17H15BrO2/c18-14-5-3-4-13(10-14)16(19)11-12-8-9-20-17-7-2-1-6-15(12)17/h1-7,10,12H,8-9,11H2. The highest BCUT2D eigenvalue weighted by atomic mass is 79.9. The van der Waals surface area contributed by atoms with Crippen LogP contribution in [0, 0.1) is 0 Å². The predicted octanol–water partition coefficient (Wildman–Crippen LogP) is 4.59. The Kier molecular flexibility index (Phi) is 3.88. The van der Waals surface area contributed by atoms with Crippen molar-refractivity contribution in [2.45, 2.75) is 18.8 Å². The number of fused-ring (bicyclic) bond motifs is 1. The summed E-state index contributed by atoms with van der Waals surface area (Å²) in [7, 11) is 0. The highest BCUT2D eigenvalue weighted by Crippen LogP contribution is 2.36. The fourth-order valence-electron chi connectivity index (χ4n) is 2.63. The van der Waals surface area contributed by atoms with Crippen LogP contribution in [0.5, 0.6) is 5.75 Å². The van der Waals surface area contributed by atoms with Crippen LogP contribution in [-0.4, -0.2) is 12.4 Å². The molecular formula is C17H15BrO2. The average Bonchev–Trinajstić information content (AvgIpc) is 2.47. The molecule has 0 fully saturated rings. The first-order valence-corrected chi connectivity index (χ1v) is 7.54. The normalized spacial score (nSPS) is 17.1. The van der Waals surface area contributed by atoms with Crippen molar-refractivity contribution in [2.24, 2.45) is 0 Å². The lowest BCUT2D eigenvalue weighted by Crippen LogP contribution is -2.17. The second kappa shape index (κ2) is 5.80. The number of benzene rings is 2. The van der Waals surface area contributed by atoms with Crippen LogP contribution in [0.3, 0.4) is 0 Å². The van der Waals surface area contributed by atoms with Crippen LogP contribution in [0.4, 0.5) is 0 Å². The Morgan fingerprint density at radius 1 is 1.20 bits per heavy atom. The number of rotatable bonds is 3. The zero-order valence-electron chi connectivity index (χ0n) is 11.0. The molecule has 0 N–H and O–H groups in total. The van der Waals surface area contributed by atoms with Gasteiger partial charge in [-0.1, -0.05) is 46.3 Å². The molecule has 0 aromatic heterocycles. The largest absolute Gasteiger partial charge is 0.493 e. The minimum atomic E-state index is 0.188. The quantitative estimate of drug-likeness (QED) is 0.769. The SMILES string of the molecule is O=C(CC1CCOc2ccccc21)c1cccc(Br)c1. The van der Waals surface area contributed by atoms with Gasteiger partial charge in [0.1, 0.15) is 5.75 Å². The predicted molar refractivity (Wildman–Crippen MR) is 82.4 cm³/mol. The van der Waals surface area contributed by atoms with E-state index in [1.54, 1.807) is 0 Å². The van der Waals surface area contributed by atoms with Crippen molar-refractivity contribution in [3.8, 4) is 5.75 Å². The van der Waals surface area contributed by atoms with Crippen molar-refractivity contribution < 1.29 is 9.53 Å². The Bertz CT molecular complexity index is 636. The maximum atomic E-state index is 12.4. The van der Waals surface area contributed by atoms with Crippen molar-refractivity contribution in [3.63, 3.8) is 0 Å². The third-order valence-electron chi connectivity index (χ3n) is 3.66. The molecule has 0 aliphatic carbocycles. The van der Waals surface area contributed by atoms with Crippen LogP contribution in [0.25, 0.3) is 0 Å². The monoisotopic (exact) mass is 330 g/mol. The molecule has 0 bridgehead atoms. The summed E-state index contributed by atoms with van der Waals surface area (Å²) in [6.07, 6.45) is 1.44. The van der Waals surface area contributed by atoms with E-state index in [1.807, 2.05) is 42.5 Å². The third kappa shape index (κ3) is 2.78. The molecule has 0 amide bonds. The zero-order chi connectivity index (χ0) is 13.9. The first-order valence-electron chi connectivity index (χ1n) is 6.74. The number of para-hydroxylation sites is 1. The third-order valence-corrected chi connectivity index (χ3v) is 4.15. The lowest BCUT2D eigenvalue weighted by Gasteiger charge is -2.25. The molecule has 1 aliphatic heterocycles. The summed E-state index contributed by atoms with van der Waals surface area (Å²) in [6, 6.07) is 15.6. The molecule has 0 saturated heterocycles. The molecule has 1 unspecified atom stereocenters.